The first-order chi connectivity index (χ1) is 10.7. The molecule has 1 amide bonds. The van der Waals surface area contributed by atoms with Crippen LogP contribution < -0.4 is 5.32 Å². The zero-order valence-corrected chi connectivity index (χ0v) is 12.7. The van der Waals surface area contributed by atoms with Crippen molar-refractivity contribution < 1.29 is 14.6 Å². The zero-order valence-electron chi connectivity index (χ0n) is 12.7. The third kappa shape index (κ3) is 4.41. The van der Waals surface area contributed by atoms with Crippen molar-refractivity contribution in [3.8, 4) is 0 Å². The standard InChI is InChI=1S/C18H21NO3/c1-22-17(16-5-3-2-4-6-16)18(21)19-12-11-14-7-9-15(13-20)10-8-14/h2-10,17,20H,11-13H2,1H3,(H,19,21). The highest BCUT2D eigenvalue weighted by Gasteiger charge is 2.18. The lowest BCUT2D eigenvalue weighted by molar-refractivity contribution is -0.131. The van der Waals surface area contributed by atoms with Crippen LogP contribution in [0.2, 0.25) is 0 Å². The predicted molar refractivity (Wildman–Crippen MR) is 85.3 cm³/mol. The van der Waals surface area contributed by atoms with E-state index in [1.165, 1.54) is 7.11 Å². The molecule has 2 rings (SSSR count). The summed E-state index contributed by atoms with van der Waals surface area (Å²) in [5, 5.41) is 11.9. The van der Waals surface area contributed by atoms with E-state index >= 15 is 0 Å². The summed E-state index contributed by atoms with van der Waals surface area (Å²) < 4.78 is 5.29. The number of nitrogens with one attached hydrogen (secondary N) is 1. The van der Waals surface area contributed by atoms with Gasteiger partial charge in [-0.2, -0.15) is 0 Å². The van der Waals surface area contributed by atoms with Gasteiger partial charge in [0.15, 0.2) is 6.10 Å². The number of methoxy groups -OCH3 is 1. The molecule has 0 spiro atoms. The minimum atomic E-state index is -0.585. The van der Waals surface area contributed by atoms with Crippen LogP contribution in [0.25, 0.3) is 0 Å². The Morgan fingerprint density at radius 3 is 2.32 bits per heavy atom. The Morgan fingerprint density at radius 1 is 1.09 bits per heavy atom. The molecule has 1 atom stereocenters. The Morgan fingerprint density at radius 2 is 1.73 bits per heavy atom. The fraction of sp³-hybridized carbons (Fsp3) is 0.278. The summed E-state index contributed by atoms with van der Waals surface area (Å²) in [6.45, 7) is 0.591. The van der Waals surface area contributed by atoms with Crippen LogP contribution in [0, 0.1) is 0 Å². The molecule has 0 saturated heterocycles. The summed E-state index contributed by atoms with van der Waals surface area (Å²) in [6.07, 6.45) is 0.154. The lowest BCUT2D eigenvalue weighted by Gasteiger charge is -2.15. The van der Waals surface area contributed by atoms with Crippen LogP contribution in [0.15, 0.2) is 54.6 Å². The normalized spacial score (nSPS) is 11.9. The lowest BCUT2D eigenvalue weighted by Crippen LogP contribution is -2.31. The first-order valence-electron chi connectivity index (χ1n) is 7.28. The topological polar surface area (TPSA) is 58.6 Å². The van der Waals surface area contributed by atoms with E-state index in [0.29, 0.717) is 6.54 Å². The molecule has 2 aromatic rings. The van der Waals surface area contributed by atoms with Gasteiger partial charge in [0.2, 0.25) is 0 Å². The van der Waals surface area contributed by atoms with Gasteiger partial charge in [0.25, 0.3) is 5.91 Å². The van der Waals surface area contributed by atoms with Gasteiger partial charge in [-0.15, -0.1) is 0 Å². The van der Waals surface area contributed by atoms with Crippen LogP contribution in [-0.2, 0) is 22.6 Å². The molecule has 22 heavy (non-hydrogen) atoms. The molecule has 0 heterocycles. The second-order valence-electron chi connectivity index (χ2n) is 5.04. The number of amides is 1. The van der Waals surface area contributed by atoms with Gasteiger partial charge in [0.05, 0.1) is 6.61 Å². The average Bonchev–Trinajstić information content (AvgIpc) is 2.57. The Balaban J connectivity index is 1.86. The Bertz CT molecular complexity index is 581. The van der Waals surface area contributed by atoms with E-state index in [1.54, 1.807) is 0 Å². The van der Waals surface area contributed by atoms with Gasteiger partial charge in [0.1, 0.15) is 0 Å². The molecule has 0 saturated carbocycles. The van der Waals surface area contributed by atoms with Crippen molar-refractivity contribution in [3.05, 3.63) is 71.3 Å². The van der Waals surface area contributed by atoms with Gasteiger partial charge >= 0.3 is 0 Å². The van der Waals surface area contributed by atoms with E-state index < -0.39 is 6.10 Å². The van der Waals surface area contributed by atoms with E-state index in [-0.39, 0.29) is 12.5 Å². The molecule has 0 bridgehead atoms. The Hall–Kier alpha value is -2.17. The Labute approximate surface area is 130 Å². The first kappa shape index (κ1) is 16.2. The molecule has 0 radical (unpaired) electrons. The van der Waals surface area contributed by atoms with Crippen LogP contribution in [0.1, 0.15) is 22.8 Å². The van der Waals surface area contributed by atoms with Crippen LogP contribution in [0.3, 0.4) is 0 Å². The molecule has 0 fully saturated rings. The number of hydrogen-bond donors (Lipinski definition) is 2. The van der Waals surface area contributed by atoms with E-state index in [1.807, 2.05) is 54.6 Å². The number of aliphatic hydroxyl groups excluding tert-OH is 1. The quantitative estimate of drug-likeness (QED) is 0.824. The molecule has 2 N–H and O–H groups in total. The third-order valence-corrected chi connectivity index (χ3v) is 3.49. The maximum atomic E-state index is 12.2. The number of rotatable bonds is 7. The lowest BCUT2D eigenvalue weighted by atomic mass is 10.1. The van der Waals surface area contributed by atoms with E-state index in [0.717, 1.165) is 23.1 Å². The monoisotopic (exact) mass is 299 g/mol. The summed E-state index contributed by atoms with van der Waals surface area (Å²) in [4.78, 5) is 12.2. The van der Waals surface area contributed by atoms with Gasteiger partial charge in [0, 0.05) is 13.7 Å². The molecule has 4 nitrogen and oxygen atoms in total. The van der Waals surface area contributed by atoms with Crippen molar-refractivity contribution in [2.75, 3.05) is 13.7 Å². The molecular formula is C18H21NO3. The highest BCUT2D eigenvalue weighted by Crippen LogP contribution is 2.16. The molecule has 0 aliphatic rings. The molecular weight excluding hydrogens is 278 g/mol. The van der Waals surface area contributed by atoms with Crippen LogP contribution in [0.5, 0.6) is 0 Å². The van der Waals surface area contributed by atoms with E-state index in [2.05, 4.69) is 5.32 Å². The van der Waals surface area contributed by atoms with Crippen molar-refractivity contribution in [1.29, 1.82) is 0 Å². The average molecular weight is 299 g/mol. The minimum Gasteiger partial charge on any atom is -0.392 e. The molecule has 2 aromatic carbocycles. The number of benzene rings is 2. The van der Waals surface area contributed by atoms with Crippen LogP contribution in [0.4, 0.5) is 0 Å². The molecule has 1 unspecified atom stereocenters. The van der Waals surface area contributed by atoms with Crippen molar-refractivity contribution >= 4 is 5.91 Å². The van der Waals surface area contributed by atoms with Crippen molar-refractivity contribution in [2.45, 2.75) is 19.1 Å². The number of carbonyl (C=O) groups excluding carboxylic acids is 1. The molecule has 4 heteroatoms. The highest BCUT2D eigenvalue weighted by atomic mass is 16.5. The van der Waals surface area contributed by atoms with E-state index in [9.17, 15) is 4.79 Å². The van der Waals surface area contributed by atoms with Crippen molar-refractivity contribution in [3.63, 3.8) is 0 Å². The largest absolute Gasteiger partial charge is 0.392 e. The molecule has 0 aliphatic heterocycles. The predicted octanol–water partition coefficient (Wildman–Crippen LogP) is 2.23. The van der Waals surface area contributed by atoms with Gasteiger partial charge in [-0.25, -0.2) is 0 Å². The fourth-order valence-electron chi connectivity index (χ4n) is 2.26. The SMILES string of the molecule is COC(C(=O)NCCc1ccc(CO)cc1)c1ccccc1. The van der Waals surface area contributed by atoms with Gasteiger partial charge < -0.3 is 15.2 Å². The number of carbonyl (C=O) groups is 1. The summed E-state index contributed by atoms with van der Waals surface area (Å²) in [5.41, 5.74) is 2.84. The summed E-state index contributed by atoms with van der Waals surface area (Å²) >= 11 is 0. The van der Waals surface area contributed by atoms with Crippen LogP contribution in [-0.4, -0.2) is 24.7 Å². The highest BCUT2D eigenvalue weighted by molar-refractivity contribution is 5.82. The number of aliphatic hydroxyl groups is 1. The maximum absolute atomic E-state index is 12.2. The van der Waals surface area contributed by atoms with E-state index in [4.69, 9.17) is 9.84 Å². The van der Waals surface area contributed by atoms with Crippen LogP contribution >= 0.6 is 0 Å². The van der Waals surface area contributed by atoms with Gasteiger partial charge in [-0.05, 0) is 23.1 Å². The first-order valence-corrected chi connectivity index (χ1v) is 7.28. The van der Waals surface area contributed by atoms with Gasteiger partial charge in [-0.1, -0.05) is 54.6 Å². The molecule has 0 aromatic heterocycles. The van der Waals surface area contributed by atoms with Crippen molar-refractivity contribution in [2.24, 2.45) is 0 Å². The minimum absolute atomic E-state index is 0.0452. The second kappa shape index (κ2) is 8.32. The fourth-order valence-corrected chi connectivity index (χ4v) is 2.26. The molecule has 116 valence electrons. The number of ether oxygens (including phenoxy) is 1. The zero-order chi connectivity index (χ0) is 15.8. The summed E-state index contributed by atoms with van der Waals surface area (Å²) in [7, 11) is 1.53. The summed E-state index contributed by atoms with van der Waals surface area (Å²) in [5.74, 6) is -0.138. The molecule has 0 aliphatic carbocycles. The maximum Gasteiger partial charge on any atom is 0.253 e. The third-order valence-electron chi connectivity index (χ3n) is 3.49. The van der Waals surface area contributed by atoms with Crippen molar-refractivity contribution in [1.82, 2.24) is 5.32 Å². The second-order valence-corrected chi connectivity index (χ2v) is 5.04. The summed E-state index contributed by atoms with van der Waals surface area (Å²) in [6, 6.07) is 17.1. The van der Waals surface area contributed by atoms with Gasteiger partial charge in [-0.3, -0.25) is 4.79 Å². The Kier molecular flexibility index (Phi) is 6.13. The number of hydrogen-bond acceptors (Lipinski definition) is 3. The smallest absolute Gasteiger partial charge is 0.253 e.